The summed E-state index contributed by atoms with van der Waals surface area (Å²) in [4.78, 5) is 39.9. The number of carbonyl (C=O) groups excluding carboxylic acids is 3. The average molecular weight is 612 g/mol. The van der Waals surface area contributed by atoms with E-state index in [2.05, 4.69) is 16.0 Å². The zero-order chi connectivity index (χ0) is 31.6. The van der Waals surface area contributed by atoms with Crippen molar-refractivity contribution in [3.8, 4) is 11.1 Å². The van der Waals surface area contributed by atoms with Crippen molar-refractivity contribution in [2.45, 2.75) is 18.7 Å². The number of anilines is 2. The molecule has 0 fully saturated rings. The number of aryl methyl sites for hydroxylation is 2. The summed E-state index contributed by atoms with van der Waals surface area (Å²) in [5, 5.41) is 8.66. The highest BCUT2D eigenvalue weighted by atomic mass is 32.2. The molecule has 3 amide bonds. The van der Waals surface area contributed by atoms with Gasteiger partial charge in [0.15, 0.2) is 0 Å². The Morgan fingerprint density at radius 1 is 0.644 bits per heavy atom. The van der Waals surface area contributed by atoms with E-state index in [-0.39, 0.29) is 23.3 Å². The molecule has 0 aliphatic rings. The Morgan fingerprint density at radius 3 is 1.89 bits per heavy atom. The van der Waals surface area contributed by atoms with Crippen LogP contribution in [0.2, 0.25) is 0 Å². The highest BCUT2D eigenvalue weighted by Crippen LogP contribution is 2.24. The summed E-state index contributed by atoms with van der Waals surface area (Å²) in [6, 6.07) is 39.7. The van der Waals surface area contributed by atoms with Crippen molar-refractivity contribution < 1.29 is 14.4 Å². The van der Waals surface area contributed by atoms with Gasteiger partial charge in [-0.15, -0.1) is 11.8 Å². The van der Waals surface area contributed by atoms with Crippen LogP contribution in [0, 0.1) is 13.8 Å². The van der Waals surface area contributed by atoms with Gasteiger partial charge in [-0.1, -0.05) is 91.0 Å². The van der Waals surface area contributed by atoms with Crippen LogP contribution < -0.4 is 16.0 Å². The van der Waals surface area contributed by atoms with Crippen LogP contribution in [0.1, 0.15) is 27.0 Å². The lowest BCUT2D eigenvalue weighted by Gasteiger charge is -2.12. The summed E-state index contributed by atoms with van der Waals surface area (Å²) in [6.07, 6.45) is 1.66. The largest absolute Gasteiger partial charge is 0.325 e. The lowest BCUT2D eigenvalue weighted by atomic mass is 10.0. The van der Waals surface area contributed by atoms with Gasteiger partial charge in [0.2, 0.25) is 5.91 Å². The molecule has 0 atom stereocenters. The molecule has 5 rings (SSSR count). The van der Waals surface area contributed by atoms with Crippen LogP contribution in [0.3, 0.4) is 0 Å². The zero-order valence-corrected chi connectivity index (χ0v) is 25.9. The lowest BCUT2D eigenvalue weighted by Crippen LogP contribution is -2.30. The van der Waals surface area contributed by atoms with Gasteiger partial charge >= 0.3 is 0 Å². The Morgan fingerprint density at radius 2 is 1.24 bits per heavy atom. The van der Waals surface area contributed by atoms with Gasteiger partial charge in [0, 0.05) is 21.8 Å². The predicted octanol–water partition coefficient (Wildman–Crippen LogP) is 8.11. The molecule has 3 N–H and O–H groups in total. The maximum atomic E-state index is 13.4. The maximum Gasteiger partial charge on any atom is 0.272 e. The van der Waals surface area contributed by atoms with E-state index >= 15 is 0 Å². The Kier molecular flexibility index (Phi) is 10.2. The fourth-order valence-electron chi connectivity index (χ4n) is 4.68. The lowest BCUT2D eigenvalue weighted by molar-refractivity contribution is -0.114. The van der Waals surface area contributed by atoms with Crippen LogP contribution in [0.4, 0.5) is 11.4 Å². The van der Waals surface area contributed by atoms with Crippen LogP contribution in [0.25, 0.3) is 17.2 Å². The van der Waals surface area contributed by atoms with Gasteiger partial charge in [-0.3, -0.25) is 14.4 Å². The van der Waals surface area contributed by atoms with E-state index in [1.165, 1.54) is 11.8 Å². The molecule has 0 aromatic heterocycles. The van der Waals surface area contributed by atoms with Crippen molar-refractivity contribution in [1.82, 2.24) is 5.32 Å². The third kappa shape index (κ3) is 8.59. The van der Waals surface area contributed by atoms with Crippen molar-refractivity contribution in [2.24, 2.45) is 0 Å². The summed E-state index contributed by atoms with van der Waals surface area (Å²) >= 11 is 1.41. The molecule has 0 aliphatic heterocycles. The quantitative estimate of drug-likeness (QED) is 0.110. The highest BCUT2D eigenvalue weighted by molar-refractivity contribution is 8.00. The van der Waals surface area contributed by atoms with Crippen molar-refractivity contribution >= 4 is 46.9 Å². The Bertz CT molecular complexity index is 1800. The number of para-hydroxylation sites is 1. The summed E-state index contributed by atoms with van der Waals surface area (Å²) in [7, 11) is 0. The molecule has 0 heterocycles. The maximum absolute atomic E-state index is 13.4. The molecular weight excluding hydrogens is 579 g/mol. The zero-order valence-electron chi connectivity index (χ0n) is 25.0. The first-order chi connectivity index (χ1) is 21.9. The average Bonchev–Trinajstić information content (AvgIpc) is 3.07. The van der Waals surface area contributed by atoms with Gasteiger partial charge in [-0.05, 0) is 84.1 Å². The standard InChI is InChI=1S/C38H33N3O3S/c1-26-10-9-11-27(2)36(26)41-35(42)25-45-33-22-20-32(21-23-33)39-38(44)34(40-37(43)31-14-7-4-8-15-31)24-28-16-18-30(19-17-28)29-12-5-3-6-13-29/h3-24H,25H2,1-2H3,(H,39,44)(H,40,43)(H,41,42)/b34-24-. The molecular formula is C38H33N3O3S. The van der Waals surface area contributed by atoms with Gasteiger partial charge in [0.25, 0.3) is 11.8 Å². The van der Waals surface area contributed by atoms with Crippen LogP contribution >= 0.6 is 11.8 Å². The fraction of sp³-hybridized carbons (Fsp3) is 0.0789. The first-order valence-electron chi connectivity index (χ1n) is 14.5. The Hall–Kier alpha value is -5.40. The van der Waals surface area contributed by atoms with E-state index in [9.17, 15) is 14.4 Å². The van der Waals surface area contributed by atoms with Crippen LogP contribution in [0.15, 0.2) is 138 Å². The minimum Gasteiger partial charge on any atom is -0.325 e. The molecule has 224 valence electrons. The second kappa shape index (κ2) is 14.9. The first kappa shape index (κ1) is 31.0. The van der Waals surface area contributed by atoms with Gasteiger partial charge in [0.05, 0.1) is 5.75 Å². The minimum absolute atomic E-state index is 0.0875. The molecule has 0 bridgehead atoms. The van der Waals surface area contributed by atoms with E-state index in [1.807, 2.05) is 105 Å². The molecule has 0 unspecified atom stereocenters. The van der Waals surface area contributed by atoms with E-state index in [0.29, 0.717) is 11.3 Å². The summed E-state index contributed by atoms with van der Waals surface area (Å²) in [5.74, 6) is -0.680. The number of carbonyl (C=O) groups is 3. The monoisotopic (exact) mass is 611 g/mol. The van der Waals surface area contributed by atoms with Crippen molar-refractivity contribution in [3.63, 3.8) is 0 Å². The molecule has 6 nitrogen and oxygen atoms in total. The van der Waals surface area contributed by atoms with Crippen LogP contribution in [-0.2, 0) is 9.59 Å². The van der Waals surface area contributed by atoms with Gasteiger partial charge in [0.1, 0.15) is 5.70 Å². The van der Waals surface area contributed by atoms with E-state index in [0.717, 1.165) is 38.4 Å². The van der Waals surface area contributed by atoms with E-state index < -0.39 is 5.91 Å². The van der Waals surface area contributed by atoms with Gasteiger partial charge in [-0.25, -0.2) is 0 Å². The molecule has 45 heavy (non-hydrogen) atoms. The third-order valence-electron chi connectivity index (χ3n) is 7.09. The number of hydrogen-bond acceptors (Lipinski definition) is 4. The second-order valence-electron chi connectivity index (χ2n) is 10.4. The van der Waals surface area contributed by atoms with Crippen molar-refractivity contribution in [3.05, 3.63) is 155 Å². The predicted molar refractivity (Wildman–Crippen MR) is 184 cm³/mol. The van der Waals surface area contributed by atoms with Gasteiger partial charge < -0.3 is 16.0 Å². The second-order valence-corrected chi connectivity index (χ2v) is 11.5. The van der Waals surface area contributed by atoms with Crippen molar-refractivity contribution in [1.29, 1.82) is 0 Å². The summed E-state index contributed by atoms with van der Waals surface area (Å²) in [5.41, 5.74) is 6.90. The molecule has 0 spiro atoms. The molecule has 0 saturated carbocycles. The van der Waals surface area contributed by atoms with Crippen LogP contribution in [-0.4, -0.2) is 23.5 Å². The molecule has 0 saturated heterocycles. The number of nitrogens with one attached hydrogen (secondary N) is 3. The van der Waals surface area contributed by atoms with E-state index in [1.54, 1.807) is 42.5 Å². The SMILES string of the molecule is Cc1cccc(C)c1NC(=O)CSc1ccc(NC(=O)/C(=C/c2ccc(-c3ccccc3)cc2)NC(=O)c2ccccc2)cc1. The number of rotatable bonds is 10. The Labute approximate surface area is 267 Å². The molecule has 0 radical (unpaired) electrons. The number of hydrogen-bond donors (Lipinski definition) is 3. The molecule has 7 heteroatoms. The van der Waals surface area contributed by atoms with E-state index in [4.69, 9.17) is 0 Å². The Balaban J connectivity index is 1.26. The van der Waals surface area contributed by atoms with Crippen LogP contribution in [0.5, 0.6) is 0 Å². The highest BCUT2D eigenvalue weighted by Gasteiger charge is 2.15. The van der Waals surface area contributed by atoms with Gasteiger partial charge in [-0.2, -0.15) is 0 Å². The molecule has 0 aliphatic carbocycles. The fourth-order valence-corrected chi connectivity index (χ4v) is 5.38. The summed E-state index contributed by atoms with van der Waals surface area (Å²) in [6.45, 7) is 3.94. The van der Waals surface area contributed by atoms with Crippen molar-refractivity contribution in [2.75, 3.05) is 16.4 Å². The number of thioether (sulfide) groups is 1. The number of benzene rings is 5. The topological polar surface area (TPSA) is 87.3 Å². The first-order valence-corrected chi connectivity index (χ1v) is 15.5. The smallest absolute Gasteiger partial charge is 0.272 e. The summed E-state index contributed by atoms with van der Waals surface area (Å²) < 4.78 is 0. The number of amides is 3. The third-order valence-corrected chi connectivity index (χ3v) is 8.10. The molecule has 5 aromatic carbocycles. The minimum atomic E-state index is -0.459. The normalized spacial score (nSPS) is 11.0. The molecule has 5 aromatic rings.